The van der Waals surface area contributed by atoms with Crippen molar-refractivity contribution in [2.45, 2.75) is 0 Å². The predicted octanol–water partition coefficient (Wildman–Crippen LogP) is 4.41. The number of rotatable bonds is 2. The summed E-state index contributed by atoms with van der Waals surface area (Å²) in [6, 6.07) is 6.26. The molecule has 0 unspecified atom stereocenters. The van der Waals surface area contributed by atoms with Crippen LogP contribution in [0.4, 0.5) is 0 Å². The van der Waals surface area contributed by atoms with E-state index in [4.69, 9.17) is 39.9 Å². The zero-order chi connectivity index (χ0) is 13.3. The lowest BCUT2D eigenvalue weighted by atomic mass is 10.1. The Kier molecular flexibility index (Phi) is 3.76. The van der Waals surface area contributed by atoms with Crippen molar-refractivity contribution in [3.63, 3.8) is 0 Å². The quantitative estimate of drug-likeness (QED) is 0.894. The van der Waals surface area contributed by atoms with Crippen molar-refractivity contribution in [2.24, 2.45) is 0 Å². The van der Waals surface area contributed by atoms with Crippen LogP contribution in [-0.2, 0) is 0 Å². The van der Waals surface area contributed by atoms with Gasteiger partial charge in [0.2, 0.25) is 0 Å². The number of carbonyl (C=O) groups is 1. The van der Waals surface area contributed by atoms with Gasteiger partial charge in [0.05, 0.1) is 16.3 Å². The molecule has 0 saturated carbocycles. The number of halogens is 3. The third-order valence-electron chi connectivity index (χ3n) is 2.24. The summed E-state index contributed by atoms with van der Waals surface area (Å²) in [5, 5.41) is 9.96. The lowest BCUT2D eigenvalue weighted by Gasteiger charge is -2.05. The third kappa shape index (κ3) is 2.75. The maximum Gasteiger partial charge on any atom is 0.337 e. The van der Waals surface area contributed by atoms with Gasteiger partial charge < -0.3 is 5.11 Å². The molecule has 92 valence electrons. The highest BCUT2D eigenvalue weighted by Gasteiger charge is 2.12. The molecule has 0 fully saturated rings. The van der Waals surface area contributed by atoms with Crippen LogP contribution in [0.25, 0.3) is 11.3 Å². The molecule has 0 bridgehead atoms. The third-order valence-corrected chi connectivity index (χ3v) is 2.98. The van der Waals surface area contributed by atoms with Gasteiger partial charge in [-0.2, -0.15) is 0 Å². The molecule has 0 spiro atoms. The predicted molar refractivity (Wildman–Crippen MR) is 71.7 cm³/mol. The maximum atomic E-state index is 11.0. The lowest BCUT2D eigenvalue weighted by Crippen LogP contribution is -1.99. The van der Waals surface area contributed by atoms with E-state index in [1.165, 1.54) is 12.3 Å². The summed E-state index contributed by atoms with van der Waals surface area (Å²) in [5.74, 6) is -1.11. The van der Waals surface area contributed by atoms with Crippen molar-refractivity contribution in [3.05, 3.63) is 51.1 Å². The number of carboxylic acid groups (broad SMARTS) is 1. The minimum Gasteiger partial charge on any atom is -0.478 e. The molecule has 2 aromatic rings. The Bertz CT molecular complexity index is 608. The Morgan fingerprint density at radius 2 is 1.67 bits per heavy atom. The van der Waals surface area contributed by atoms with E-state index in [1.807, 2.05) is 0 Å². The monoisotopic (exact) mass is 301 g/mol. The van der Waals surface area contributed by atoms with Crippen LogP contribution in [0.3, 0.4) is 0 Å². The SMILES string of the molecule is O=C(O)c1cc(-c2cc(Cl)cc(Cl)c2)ncc1Cl. The van der Waals surface area contributed by atoms with Crippen LogP contribution in [0.2, 0.25) is 15.1 Å². The van der Waals surface area contributed by atoms with Gasteiger partial charge in [-0.15, -0.1) is 0 Å². The molecule has 18 heavy (non-hydrogen) atoms. The number of benzene rings is 1. The van der Waals surface area contributed by atoms with Crippen LogP contribution in [0.1, 0.15) is 10.4 Å². The normalized spacial score (nSPS) is 10.4. The first kappa shape index (κ1) is 13.1. The van der Waals surface area contributed by atoms with Crippen molar-refractivity contribution in [1.82, 2.24) is 4.98 Å². The molecule has 0 atom stereocenters. The fourth-order valence-corrected chi connectivity index (χ4v) is 2.17. The minimum atomic E-state index is -1.11. The van der Waals surface area contributed by atoms with Crippen LogP contribution in [0.15, 0.2) is 30.5 Å². The fraction of sp³-hybridized carbons (Fsp3) is 0. The average molecular weight is 303 g/mol. The number of nitrogens with zero attached hydrogens (tertiary/aromatic N) is 1. The molecule has 0 radical (unpaired) electrons. The Balaban J connectivity index is 2.57. The largest absolute Gasteiger partial charge is 0.478 e. The van der Waals surface area contributed by atoms with Crippen molar-refractivity contribution >= 4 is 40.8 Å². The molecule has 1 aromatic carbocycles. The van der Waals surface area contributed by atoms with E-state index in [9.17, 15) is 4.79 Å². The standard InChI is InChI=1S/C12H6Cl3NO2/c13-7-1-6(2-8(14)3-7)11-4-9(12(17)18)10(15)5-16-11/h1-5H,(H,17,18). The highest BCUT2D eigenvalue weighted by Crippen LogP contribution is 2.28. The number of hydrogen-bond donors (Lipinski definition) is 1. The second-order valence-electron chi connectivity index (χ2n) is 3.51. The fourth-order valence-electron chi connectivity index (χ4n) is 1.46. The molecular weight excluding hydrogens is 296 g/mol. The van der Waals surface area contributed by atoms with Crippen molar-refractivity contribution < 1.29 is 9.90 Å². The van der Waals surface area contributed by atoms with E-state index in [2.05, 4.69) is 4.98 Å². The van der Waals surface area contributed by atoms with Gasteiger partial charge in [0.25, 0.3) is 0 Å². The lowest BCUT2D eigenvalue weighted by molar-refractivity contribution is 0.0697. The van der Waals surface area contributed by atoms with Gasteiger partial charge in [-0.3, -0.25) is 4.98 Å². The first-order valence-electron chi connectivity index (χ1n) is 4.82. The summed E-state index contributed by atoms with van der Waals surface area (Å²) in [7, 11) is 0. The second kappa shape index (κ2) is 5.14. The molecule has 1 heterocycles. The van der Waals surface area contributed by atoms with Crippen LogP contribution >= 0.6 is 34.8 Å². The van der Waals surface area contributed by atoms with Gasteiger partial charge in [0.15, 0.2) is 0 Å². The number of aromatic nitrogens is 1. The van der Waals surface area contributed by atoms with Crippen LogP contribution in [0, 0.1) is 0 Å². The van der Waals surface area contributed by atoms with Crippen LogP contribution in [-0.4, -0.2) is 16.1 Å². The molecule has 0 aliphatic carbocycles. The zero-order valence-electron chi connectivity index (χ0n) is 8.82. The van der Waals surface area contributed by atoms with E-state index >= 15 is 0 Å². The molecule has 1 N–H and O–H groups in total. The molecular formula is C12H6Cl3NO2. The smallest absolute Gasteiger partial charge is 0.337 e. The number of hydrogen-bond acceptors (Lipinski definition) is 2. The number of carboxylic acids is 1. The van der Waals surface area contributed by atoms with Gasteiger partial charge in [0, 0.05) is 21.8 Å². The summed E-state index contributed by atoms with van der Waals surface area (Å²) in [6.07, 6.45) is 1.29. The highest BCUT2D eigenvalue weighted by atomic mass is 35.5. The molecule has 0 amide bonds. The molecule has 0 aliphatic rings. The highest BCUT2D eigenvalue weighted by molar-refractivity contribution is 6.35. The van der Waals surface area contributed by atoms with E-state index < -0.39 is 5.97 Å². The minimum absolute atomic E-state index is 0.0160. The molecule has 1 aromatic heterocycles. The first-order chi connectivity index (χ1) is 8.47. The molecule has 0 aliphatic heterocycles. The molecule has 2 rings (SSSR count). The Hall–Kier alpha value is -1.29. The van der Waals surface area contributed by atoms with Gasteiger partial charge >= 0.3 is 5.97 Å². The number of aromatic carboxylic acids is 1. The summed E-state index contributed by atoms with van der Waals surface area (Å²) in [5.41, 5.74) is 1.06. The van der Waals surface area contributed by atoms with Crippen LogP contribution in [0.5, 0.6) is 0 Å². The molecule has 0 saturated heterocycles. The van der Waals surface area contributed by atoms with E-state index in [1.54, 1.807) is 18.2 Å². The van der Waals surface area contributed by atoms with Crippen molar-refractivity contribution in [1.29, 1.82) is 0 Å². The second-order valence-corrected chi connectivity index (χ2v) is 4.79. The van der Waals surface area contributed by atoms with Gasteiger partial charge in [-0.05, 0) is 24.3 Å². The summed E-state index contributed by atoms with van der Waals surface area (Å²) >= 11 is 17.5. The van der Waals surface area contributed by atoms with Crippen molar-refractivity contribution in [3.8, 4) is 11.3 Å². The van der Waals surface area contributed by atoms with Crippen LogP contribution < -0.4 is 0 Å². The Morgan fingerprint density at radius 3 is 2.22 bits per heavy atom. The first-order valence-corrected chi connectivity index (χ1v) is 5.96. The Labute approximate surface area is 118 Å². The molecule has 3 nitrogen and oxygen atoms in total. The van der Waals surface area contributed by atoms with E-state index in [0.717, 1.165) is 0 Å². The number of pyridine rings is 1. The Morgan fingerprint density at radius 1 is 1.06 bits per heavy atom. The van der Waals surface area contributed by atoms with Crippen molar-refractivity contribution in [2.75, 3.05) is 0 Å². The molecule has 6 heteroatoms. The summed E-state index contributed by atoms with van der Waals surface area (Å²) in [4.78, 5) is 15.0. The average Bonchev–Trinajstić information content (AvgIpc) is 2.27. The zero-order valence-corrected chi connectivity index (χ0v) is 11.1. The van der Waals surface area contributed by atoms with E-state index in [-0.39, 0.29) is 10.6 Å². The topological polar surface area (TPSA) is 50.2 Å². The van der Waals surface area contributed by atoms with Gasteiger partial charge in [-0.1, -0.05) is 34.8 Å². The summed E-state index contributed by atoms with van der Waals surface area (Å²) in [6.45, 7) is 0. The van der Waals surface area contributed by atoms with Gasteiger partial charge in [0.1, 0.15) is 0 Å². The van der Waals surface area contributed by atoms with Gasteiger partial charge in [-0.25, -0.2) is 4.79 Å². The van der Waals surface area contributed by atoms with E-state index in [0.29, 0.717) is 21.3 Å². The summed E-state index contributed by atoms with van der Waals surface area (Å²) < 4.78 is 0. The maximum absolute atomic E-state index is 11.0.